The number of aromatic nitrogens is 2. The Morgan fingerprint density at radius 2 is 1.91 bits per heavy atom. The van der Waals surface area contributed by atoms with Gasteiger partial charge in [0.15, 0.2) is 0 Å². The van der Waals surface area contributed by atoms with Gasteiger partial charge in [-0.05, 0) is 67.9 Å². The van der Waals surface area contributed by atoms with Crippen LogP contribution in [0.4, 0.5) is 16.2 Å². The van der Waals surface area contributed by atoms with Crippen LogP contribution in [0, 0.1) is 5.92 Å². The predicted octanol–water partition coefficient (Wildman–Crippen LogP) is 5.34. The fraction of sp³-hybridized carbons (Fsp3) is 0.370. The molecule has 8 nitrogen and oxygen atoms in total. The van der Waals surface area contributed by atoms with Crippen LogP contribution in [0.25, 0.3) is 0 Å². The molecule has 1 unspecified atom stereocenters. The standard InChI is InChI=1S/C27H29N5O3/c1-16(17-2-3-17)34-27(33)31-19-6-4-18(5-7-19)26-25(28)22-11-10-21(35-24-15-29-12-13-30-24)14-23(22)32(26)20-8-9-20/h4-7,10-17,20,25-26H,2-3,8-9,28H2,1H3,(H,31,33)/t16-,25?,26-/m1/s1. The molecule has 2 saturated carbocycles. The van der Waals surface area contributed by atoms with Gasteiger partial charge in [-0.25, -0.2) is 9.78 Å². The van der Waals surface area contributed by atoms with E-state index in [9.17, 15) is 4.79 Å². The first-order chi connectivity index (χ1) is 17.1. The Morgan fingerprint density at radius 1 is 1.11 bits per heavy atom. The van der Waals surface area contributed by atoms with Crippen molar-refractivity contribution in [3.8, 4) is 11.6 Å². The normalized spacial score (nSPS) is 21.8. The first-order valence-corrected chi connectivity index (χ1v) is 12.3. The Balaban J connectivity index is 1.20. The second-order valence-corrected chi connectivity index (χ2v) is 9.67. The average molecular weight is 472 g/mol. The number of nitrogens with two attached hydrogens (primary N) is 1. The van der Waals surface area contributed by atoms with Gasteiger partial charge in [-0.15, -0.1) is 0 Å². The van der Waals surface area contributed by atoms with Gasteiger partial charge < -0.3 is 20.1 Å². The van der Waals surface area contributed by atoms with E-state index < -0.39 is 6.09 Å². The Labute approximate surface area is 204 Å². The molecule has 2 fully saturated rings. The van der Waals surface area contributed by atoms with E-state index in [1.807, 2.05) is 43.3 Å². The van der Waals surface area contributed by atoms with Crippen LogP contribution in [0.5, 0.6) is 11.6 Å². The van der Waals surface area contributed by atoms with Gasteiger partial charge in [-0.2, -0.15) is 0 Å². The number of hydrogen-bond donors (Lipinski definition) is 2. The molecule has 2 aliphatic carbocycles. The number of carbonyl (C=O) groups excluding carboxylic acids is 1. The van der Waals surface area contributed by atoms with E-state index in [-0.39, 0.29) is 18.2 Å². The van der Waals surface area contributed by atoms with Gasteiger partial charge in [0.1, 0.15) is 11.9 Å². The van der Waals surface area contributed by atoms with E-state index in [0.29, 0.717) is 29.3 Å². The second kappa shape index (κ2) is 8.85. The number of anilines is 2. The SMILES string of the molecule is C[C@@H](OC(=O)Nc1ccc([C@@H]2C(N)c3ccc(Oc4cnccn4)cc3N2C2CC2)cc1)C1CC1. The number of amides is 1. The van der Waals surface area contributed by atoms with Crippen molar-refractivity contribution in [1.82, 2.24) is 9.97 Å². The molecular formula is C27H29N5O3. The molecule has 1 aliphatic heterocycles. The van der Waals surface area contributed by atoms with Gasteiger partial charge in [-0.3, -0.25) is 10.3 Å². The highest BCUT2D eigenvalue weighted by Gasteiger charge is 2.44. The van der Waals surface area contributed by atoms with Crippen LogP contribution in [-0.4, -0.2) is 28.2 Å². The lowest BCUT2D eigenvalue weighted by Gasteiger charge is -2.30. The van der Waals surface area contributed by atoms with Crippen LogP contribution in [0.2, 0.25) is 0 Å². The van der Waals surface area contributed by atoms with Crippen molar-refractivity contribution in [2.24, 2.45) is 11.7 Å². The zero-order chi connectivity index (χ0) is 23.9. The molecule has 35 heavy (non-hydrogen) atoms. The van der Waals surface area contributed by atoms with Crippen LogP contribution in [0.1, 0.15) is 55.8 Å². The molecule has 0 spiro atoms. The second-order valence-electron chi connectivity index (χ2n) is 9.67. The molecule has 1 amide bonds. The molecule has 0 saturated heterocycles. The Bertz CT molecular complexity index is 1210. The molecule has 0 radical (unpaired) electrons. The van der Waals surface area contributed by atoms with E-state index in [1.165, 1.54) is 0 Å². The van der Waals surface area contributed by atoms with Crippen molar-refractivity contribution >= 4 is 17.5 Å². The molecule has 2 aromatic carbocycles. The predicted molar refractivity (Wildman–Crippen MR) is 132 cm³/mol. The number of nitrogens with one attached hydrogen (secondary N) is 1. The van der Waals surface area contributed by atoms with E-state index in [2.05, 4.69) is 26.3 Å². The third-order valence-electron chi connectivity index (χ3n) is 7.06. The van der Waals surface area contributed by atoms with Crippen molar-refractivity contribution in [2.45, 2.75) is 56.8 Å². The number of nitrogens with zero attached hydrogens (tertiary/aromatic N) is 3. The zero-order valence-corrected chi connectivity index (χ0v) is 19.6. The third-order valence-corrected chi connectivity index (χ3v) is 7.06. The first-order valence-electron chi connectivity index (χ1n) is 12.3. The van der Waals surface area contributed by atoms with Gasteiger partial charge in [-0.1, -0.05) is 18.2 Å². The summed E-state index contributed by atoms with van der Waals surface area (Å²) >= 11 is 0. The van der Waals surface area contributed by atoms with Gasteiger partial charge in [0.05, 0.1) is 18.3 Å². The quantitative estimate of drug-likeness (QED) is 0.479. The van der Waals surface area contributed by atoms with Crippen molar-refractivity contribution in [3.05, 3.63) is 72.2 Å². The largest absolute Gasteiger partial charge is 0.446 e. The molecule has 0 bridgehead atoms. The van der Waals surface area contributed by atoms with Crippen molar-refractivity contribution in [2.75, 3.05) is 10.2 Å². The van der Waals surface area contributed by atoms with Crippen LogP contribution in [0.15, 0.2) is 61.1 Å². The molecule has 2 heterocycles. The van der Waals surface area contributed by atoms with Gasteiger partial charge in [0, 0.05) is 35.9 Å². The van der Waals surface area contributed by atoms with E-state index in [1.54, 1.807) is 18.6 Å². The number of fused-ring (bicyclic) bond motifs is 1. The summed E-state index contributed by atoms with van der Waals surface area (Å²) in [5, 5.41) is 2.85. The minimum atomic E-state index is -0.405. The maximum absolute atomic E-state index is 12.2. The molecule has 3 atom stereocenters. The van der Waals surface area contributed by atoms with Gasteiger partial charge in [0.25, 0.3) is 0 Å². The summed E-state index contributed by atoms with van der Waals surface area (Å²) in [5.41, 5.74) is 10.8. The minimum Gasteiger partial charge on any atom is -0.446 e. The number of hydrogen-bond acceptors (Lipinski definition) is 7. The third kappa shape index (κ3) is 4.53. The molecular weight excluding hydrogens is 442 g/mol. The van der Waals surface area contributed by atoms with Crippen LogP contribution < -0.4 is 20.7 Å². The summed E-state index contributed by atoms with van der Waals surface area (Å²) in [7, 11) is 0. The topological polar surface area (TPSA) is 103 Å². The monoisotopic (exact) mass is 471 g/mol. The molecule has 3 aromatic rings. The van der Waals surface area contributed by atoms with E-state index in [0.717, 1.165) is 42.5 Å². The maximum atomic E-state index is 12.2. The minimum absolute atomic E-state index is 0.0140. The highest BCUT2D eigenvalue weighted by Crippen LogP contribution is 2.52. The maximum Gasteiger partial charge on any atom is 0.411 e. The highest BCUT2D eigenvalue weighted by molar-refractivity contribution is 5.84. The molecule has 3 aliphatic rings. The van der Waals surface area contributed by atoms with Gasteiger partial charge >= 0.3 is 6.09 Å². The summed E-state index contributed by atoms with van der Waals surface area (Å²) in [6.45, 7) is 1.95. The van der Waals surface area contributed by atoms with Crippen LogP contribution in [-0.2, 0) is 4.74 Å². The van der Waals surface area contributed by atoms with E-state index >= 15 is 0 Å². The molecule has 180 valence electrons. The molecule has 1 aromatic heterocycles. The number of carbonyl (C=O) groups is 1. The fourth-order valence-electron chi connectivity index (χ4n) is 4.93. The number of ether oxygens (including phenoxy) is 2. The lowest BCUT2D eigenvalue weighted by Crippen LogP contribution is -2.31. The molecule has 3 N–H and O–H groups in total. The Kier molecular flexibility index (Phi) is 5.53. The molecule has 8 heteroatoms. The summed E-state index contributed by atoms with van der Waals surface area (Å²) in [6, 6.07) is 14.3. The smallest absolute Gasteiger partial charge is 0.411 e. The van der Waals surface area contributed by atoms with Crippen molar-refractivity contribution in [3.63, 3.8) is 0 Å². The number of rotatable bonds is 7. The highest BCUT2D eigenvalue weighted by atomic mass is 16.6. The summed E-state index contributed by atoms with van der Waals surface area (Å²) in [4.78, 5) is 22.9. The Morgan fingerprint density at radius 3 is 2.60 bits per heavy atom. The number of benzene rings is 2. The molecule has 6 rings (SSSR count). The van der Waals surface area contributed by atoms with Crippen LogP contribution in [0.3, 0.4) is 0 Å². The van der Waals surface area contributed by atoms with Crippen molar-refractivity contribution < 1.29 is 14.3 Å². The fourth-order valence-corrected chi connectivity index (χ4v) is 4.93. The van der Waals surface area contributed by atoms with Crippen molar-refractivity contribution in [1.29, 1.82) is 0 Å². The average Bonchev–Trinajstić information content (AvgIpc) is 3.78. The van der Waals surface area contributed by atoms with Gasteiger partial charge in [0.2, 0.25) is 5.88 Å². The first kappa shape index (κ1) is 21.9. The summed E-state index contributed by atoms with van der Waals surface area (Å²) in [5.74, 6) is 1.67. The summed E-state index contributed by atoms with van der Waals surface area (Å²) in [6.07, 6.45) is 8.93. The Hall–Kier alpha value is -3.65. The van der Waals surface area contributed by atoms with E-state index in [4.69, 9.17) is 15.2 Å². The lowest BCUT2D eigenvalue weighted by atomic mass is 9.97. The summed E-state index contributed by atoms with van der Waals surface area (Å²) < 4.78 is 11.4. The lowest BCUT2D eigenvalue weighted by molar-refractivity contribution is 0.108. The zero-order valence-electron chi connectivity index (χ0n) is 19.6. The van der Waals surface area contributed by atoms with Crippen LogP contribution >= 0.6 is 0 Å².